The number of imidazole rings is 1. The van der Waals surface area contributed by atoms with Gasteiger partial charge in [0.15, 0.2) is 28.9 Å². The van der Waals surface area contributed by atoms with Crippen molar-refractivity contribution in [3.63, 3.8) is 0 Å². The lowest BCUT2D eigenvalue weighted by Crippen LogP contribution is -2.59. The number of ketones is 8. The number of fused-ring (bicyclic) bond motifs is 4. The molecule has 8 fully saturated rings. The highest BCUT2D eigenvalue weighted by atomic mass is 16.4. The molecule has 13 N–H and O–H groups in total. The van der Waals surface area contributed by atoms with Crippen molar-refractivity contribution in [2.75, 3.05) is 45.9 Å². The van der Waals surface area contributed by atoms with Crippen LogP contribution in [0.3, 0.4) is 0 Å². The molecule has 0 saturated carbocycles. The van der Waals surface area contributed by atoms with Crippen LogP contribution in [0, 0.1) is 65.1 Å². The summed E-state index contributed by atoms with van der Waals surface area (Å²) >= 11 is 0. The first-order valence-corrected chi connectivity index (χ1v) is 48.2. The number of carbonyl (C=O) groups excluding carboxylic acids is 20. The van der Waals surface area contributed by atoms with Crippen LogP contribution >= 0.6 is 0 Å². The van der Waals surface area contributed by atoms with Crippen LogP contribution in [-0.2, 0) is 112 Å². The lowest BCUT2D eigenvalue weighted by atomic mass is 9.86. The van der Waals surface area contributed by atoms with Crippen LogP contribution in [0.4, 0.5) is 0 Å². The zero-order valence-corrected chi connectivity index (χ0v) is 81.5. The second-order valence-electron chi connectivity index (χ2n) is 39.6. The largest absolute Gasteiger partial charge is 0.481 e. The molecule has 0 bridgehead atoms. The molecule has 762 valence electrons. The molecule has 0 aliphatic carbocycles. The molecule has 22 atom stereocenters. The van der Waals surface area contributed by atoms with Gasteiger partial charge in [0.1, 0.15) is 65.7 Å². The monoisotopic (exact) mass is 1930 g/mol. The number of aliphatic hydroxyl groups excluding tert-OH is 4. The van der Waals surface area contributed by atoms with Crippen LogP contribution in [0.15, 0.2) is 12.5 Å². The van der Waals surface area contributed by atoms with Gasteiger partial charge in [-0.15, -0.1) is 0 Å². The van der Waals surface area contributed by atoms with E-state index in [1.54, 1.807) is 41.5 Å². The van der Waals surface area contributed by atoms with Crippen LogP contribution in [-0.4, -0.2) is 336 Å². The van der Waals surface area contributed by atoms with E-state index in [9.17, 15) is 136 Å². The summed E-state index contributed by atoms with van der Waals surface area (Å²) in [5.74, 6) is -21.0. The average molecular weight is 1930 g/mol. The van der Waals surface area contributed by atoms with Gasteiger partial charge in [-0.25, -0.2) is 4.98 Å². The second-order valence-corrected chi connectivity index (χ2v) is 39.6. The Balaban J connectivity index is 0.000000291. The predicted octanol–water partition coefficient (Wildman–Crippen LogP) is 0.192. The minimum Gasteiger partial charge on any atom is -0.481 e. The molecular weight excluding hydrogens is 1790 g/mol. The van der Waals surface area contributed by atoms with Crippen molar-refractivity contribution < 1.29 is 136 Å². The Labute approximate surface area is 798 Å². The number of amides is 12. The number of rotatable bonds is 32. The van der Waals surface area contributed by atoms with E-state index >= 15 is 0 Å². The normalized spacial score (nSPS) is 26.6. The van der Waals surface area contributed by atoms with E-state index in [2.05, 4.69) is 41.9 Å². The molecule has 1 unspecified atom stereocenters. The maximum Gasteiger partial charge on any atom is 0.304 e. The van der Waals surface area contributed by atoms with E-state index in [0.29, 0.717) is 95.8 Å². The first-order valence-electron chi connectivity index (χ1n) is 48.2. The molecule has 12 amide bonds. The van der Waals surface area contributed by atoms with Crippen molar-refractivity contribution in [1.29, 1.82) is 0 Å². The fourth-order valence-corrected chi connectivity index (χ4v) is 19.6. The van der Waals surface area contributed by atoms with E-state index in [4.69, 9.17) is 0 Å². The maximum absolute atomic E-state index is 14.0. The molecule has 9 heterocycles. The van der Waals surface area contributed by atoms with Gasteiger partial charge in [0.2, 0.25) is 70.9 Å². The minimum atomic E-state index is -1.48. The number of hydrogen-bond acceptors (Lipinski definition) is 27. The Morgan fingerprint density at radius 2 is 0.891 bits per heavy atom. The van der Waals surface area contributed by atoms with E-state index in [-0.39, 0.29) is 111 Å². The fourth-order valence-electron chi connectivity index (χ4n) is 19.6. The summed E-state index contributed by atoms with van der Waals surface area (Å²) < 4.78 is 0. The number of Topliss-reactive ketones (excluding diaryl/α,β-unsaturated/α-hetero) is 8. The summed E-state index contributed by atoms with van der Waals surface area (Å²) in [4.78, 5) is 304. The Bertz CT molecular complexity index is 4570. The van der Waals surface area contributed by atoms with Gasteiger partial charge in [-0.05, 0) is 142 Å². The molecular formula is C95H144N14O28. The van der Waals surface area contributed by atoms with E-state index in [0.717, 1.165) is 0 Å². The quantitative estimate of drug-likeness (QED) is 0.0458. The third-order valence-electron chi connectivity index (χ3n) is 27.6. The first kappa shape index (κ1) is 113. The van der Waals surface area contributed by atoms with Crippen molar-refractivity contribution in [3.8, 4) is 0 Å². The zero-order valence-electron chi connectivity index (χ0n) is 81.5. The summed E-state index contributed by atoms with van der Waals surface area (Å²) in [6, 6.07) is -12.2. The van der Waals surface area contributed by atoms with Crippen LogP contribution in [0.25, 0.3) is 0 Å². The van der Waals surface area contributed by atoms with Gasteiger partial charge in [-0.3, -0.25) is 101 Å². The van der Waals surface area contributed by atoms with Crippen molar-refractivity contribution in [2.24, 2.45) is 65.1 Å². The van der Waals surface area contributed by atoms with Crippen LogP contribution in [0.5, 0.6) is 0 Å². The SMILES string of the molecule is CC(=O)C[C@H](C(=O)N1CCC[C@H]1C(=O)N1CCC[C@H]1C(=O)C[C@H](C(=O)N[C@@H](CO)C(=O)C[C@@H](Cc1cnc[nH]1)C(=O)N[C@@H](C)C(=O)C[C@H](C(C)=O)C(C)C)C(C)C)C(C)O.CC(C)[C@@H]1NC(=O)[C@@H]2CCCN2C(=O)[C@@H]2CCCN2C(=O)[C@H]([C@@H](C)O)NC(=O)[C@H](CC(=O)O)CC(=O)[C@H](C)CC1=O.CC(C)[C@@H]1NC(=O)[C@@H]2CCCN2C(=O)[C@@H]2CCCN2C(=O)[C@H]([C@@H](C)O)NC(=O)[C@H](CC(=O)O)CC1=O. The van der Waals surface area contributed by atoms with Gasteiger partial charge in [-0.2, -0.15) is 0 Å². The number of aliphatic hydroxyl groups is 4. The Hall–Kier alpha value is -11.0. The number of carbonyl (C=O) groups is 22. The first-order chi connectivity index (χ1) is 64.3. The number of nitrogens with one attached hydrogen (secondary N) is 7. The number of hydrogen-bond donors (Lipinski definition) is 13. The van der Waals surface area contributed by atoms with E-state index in [1.807, 2.05) is 13.8 Å². The standard InChI is InChI=1S/C43H66N6O11.C28H42N4O9.C24H36N4O8/c1-23(2)31(27(7)52)18-37(54)26(6)46-40(57)29(16-30-20-44-22-45-30)17-38(55)34(21-50)47-41(58)32(24(3)4)19-39(56)35-11-9-13-48(35)43(60)36-12-10-14-49(36)42(59)33(28(8)53)15-25(5)51;1-14(2)23-21(35)11-15(3)20(34)12-17(13-22(36)37)25(38)30-24(16(4)33)28(41)32-10-6-8-19(32)27(40)31-9-5-7-18(31)26(39)29-23;1-12(2)19-17(30)10-14(11-18(31)32)21(33)26-20(13(3)29)24(36)28-9-5-7-16(28)23(35)27-8-4-6-15(27)22(34)25-19/h20,22-24,26,28-29,31-36,50,53H,9-19,21H2,1-8H3,(H,44,45)(H,46,57)(H,47,58);14-19,23-24,33H,5-13H2,1-4H3,(H,29,39)(H,30,38)(H,36,37);12-16,19-20,29H,4-11H2,1-3H3,(H,25,34)(H,26,33)(H,31,32)/t26-,28?,29+,31-,32-,33-,34-,35-,36-;15-,16-,17+,18+,19+,23+,24+;13-,14+,15+,16+,19+,20+/m011/s1. The highest BCUT2D eigenvalue weighted by Crippen LogP contribution is 2.34. The molecule has 8 aliphatic heterocycles. The lowest BCUT2D eigenvalue weighted by molar-refractivity contribution is -0.150. The topological polar surface area (TPSA) is 617 Å². The predicted molar refractivity (Wildman–Crippen MR) is 488 cm³/mol. The number of carboxylic acid groups (broad SMARTS) is 2. The number of likely N-dealkylation sites (tertiary alicyclic amines) is 2. The highest BCUT2D eigenvalue weighted by molar-refractivity contribution is 6.03. The lowest BCUT2D eigenvalue weighted by Gasteiger charge is -2.34. The van der Waals surface area contributed by atoms with Gasteiger partial charge in [0.25, 0.3) is 0 Å². The average Bonchev–Trinajstić information content (AvgIpc) is 1.66. The summed E-state index contributed by atoms with van der Waals surface area (Å²) in [5, 5.41) is 75.7. The van der Waals surface area contributed by atoms with Gasteiger partial charge >= 0.3 is 11.9 Å². The summed E-state index contributed by atoms with van der Waals surface area (Å²) in [6.07, 6.45) is 1.13. The van der Waals surface area contributed by atoms with Crippen LogP contribution < -0.4 is 31.9 Å². The number of aromatic amines is 1. The smallest absolute Gasteiger partial charge is 0.304 e. The number of aliphatic carboxylic acids is 2. The molecule has 1 aromatic rings. The maximum atomic E-state index is 14.0. The van der Waals surface area contributed by atoms with Crippen molar-refractivity contribution in [2.45, 2.75) is 336 Å². The molecule has 8 saturated heterocycles. The van der Waals surface area contributed by atoms with Gasteiger partial charge in [0.05, 0.1) is 91.9 Å². The van der Waals surface area contributed by atoms with E-state index in [1.165, 1.54) is 90.4 Å². The summed E-state index contributed by atoms with van der Waals surface area (Å²) in [7, 11) is 0. The molecule has 8 aliphatic rings. The summed E-state index contributed by atoms with van der Waals surface area (Å²) in [6.45, 7) is 24.7. The third-order valence-corrected chi connectivity index (χ3v) is 27.6. The second kappa shape index (κ2) is 51.6. The van der Waals surface area contributed by atoms with Crippen LogP contribution in [0.1, 0.15) is 244 Å². The highest BCUT2D eigenvalue weighted by Gasteiger charge is 2.51. The Kier molecular flexibility index (Phi) is 42.5. The molecule has 0 aromatic carbocycles. The van der Waals surface area contributed by atoms with Gasteiger partial charge in [-0.1, -0.05) is 62.3 Å². The summed E-state index contributed by atoms with van der Waals surface area (Å²) in [5.41, 5.74) is 0.532. The molecule has 9 rings (SSSR count). The molecule has 137 heavy (non-hydrogen) atoms. The molecule has 42 nitrogen and oxygen atoms in total. The molecule has 1 aromatic heterocycles. The van der Waals surface area contributed by atoms with Crippen LogP contribution in [0.2, 0.25) is 0 Å². The van der Waals surface area contributed by atoms with Crippen molar-refractivity contribution in [3.05, 3.63) is 18.2 Å². The number of H-pyrrole nitrogens is 1. The van der Waals surface area contributed by atoms with Crippen molar-refractivity contribution in [1.82, 2.24) is 71.3 Å². The Morgan fingerprint density at radius 3 is 1.31 bits per heavy atom. The Morgan fingerprint density at radius 1 is 0.460 bits per heavy atom. The van der Waals surface area contributed by atoms with E-state index < -0.39 is 271 Å². The number of aromatic nitrogens is 2. The molecule has 0 spiro atoms. The van der Waals surface area contributed by atoms with Gasteiger partial charge < -0.3 is 102 Å². The molecule has 42 heteroatoms. The van der Waals surface area contributed by atoms with Gasteiger partial charge in [0, 0.05) is 120 Å². The van der Waals surface area contributed by atoms with Crippen molar-refractivity contribution >= 4 is 129 Å². The third kappa shape index (κ3) is 30.3. The zero-order chi connectivity index (χ0) is 102. The minimum absolute atomic E-state index is 0.0265. The fraction of sp³-hybridized carbons (Fsp3) is 0.737. The number of carboxylic acids is 2. The number of nitrogens with zero attached hydrogens (tertiary/aromatic N) is 7. The molecule has 0 radical (unpaired) electrons.